The van der Waals surface area contributed by atoms with E-state index in [1.165, 1.54) is 18.2 Å². The highest BCUT2D eigenvalue weighted by molar-refractivity contribution is 6.31. The minimum absolute atomic E-state index is 0.00733. The molecular weight excluding hydrogens is 303 g/mol. The molecule has 0 aliphatic carbocycles. The van der Waals surface area contributed by atoms with Crippen LogP contribution in [0, 0.1) is 5.82 Å². The molecule has 0 bridgehead atoms. The van der Waals surface area contributed by atoms with Gasteiger partial charge in [-0.15, -0.1) is 0 Å². The number of benzene rings is 2. The maximum absolute atomic E-state index is 13.1. The standard InChI is InChI=1S/C17H18ClFN2O/c1-11(13-6-4-3-5-7-13)20-12(2)17(22)21-14-8-9-16(19)15(18)10-14/h3-12,20H,1-2H3,(H,21,22)/p+1/t11-,12-/m0/s1. The predicted octanol–water partition coefficient (Wildman–Crippen LogP) is 3.13. The van der Waals surface area contributed by atoms with Gasteiger partial charge in [-0.2, -0.15) is 0 Å². The van der Waals surface area contributed by atoms with Crippen LogP contribution in [0.1, 0.15) is 25.5 Å². The van der Waals surface area contributed by atoms with Crippen LogP contribution in [0.25, 0.3) is 0 Å². The van der Waals surface area contributed by atoms with Crippen molar-refractivity contribution in [2.75, 3.05) is 5.32 Å². The topological polar surface area (TPSA) is 45.7 Å². The first-order chi connectivity index (χ1) is 10.5. The van der Waals surface area contributed by atoms with Crippen molar-refractivity contribution in [2.24, 2.45) is 0 Å². The molecule has 116 valence electrons. The average molecular weight is 322 g/mol. The van der Waals surface area contributed by atoms with E-state index >= 15 is 0 Å². The van der Waals surface area contributed by atoms with Gasteiger partial charge in [-0.05, 0) is 32.0 Å². The predicted molar refractivity (Wildman–Crippen MR) is 86.3 cm³/mol. The molecule has 0 radical (unpaired) electrons. The van der Waals surface area contributed by atoms with Gasteiger partial charge in [-0.3, -0.25) is 4.79 Å². The molecule has 0 saturated heterocycles. The zero-order valence-corrected chi connectivity index (χ0v) is 13.3. The lowest BCUT2D eigenvalue weighted by molar-refractivity contribution is -0.709. The van der Waals surface area contributed by atoms with Gasteiger partial charge >= 0.3 is 0 Å². The lowest BCUT2D eigenvalue weighted by atomic mass is 10.1. The summed E-state index contributed by atoms with van der Waals surface area (Å²) in [6.07, 6.45) is 0. The summed E-state index contributed by atoms with van der Waals surface area (Å²) < 4.78 is 13.1. The number of nitrogens with one attached hydrogen (secondary N) is 1. The van der Waals surface area contributed by atoms with Crippen LogP contribution in [-0.2, 0) is 4.79 Å². The Morgan fingerprint density at radius 1 is 1.18 bits per heavy atom. The van der Waals surface area contributed by atoms with Crippen molar-refractivity contribution in [1.29, 1.82) is 0 Å². The SMILES string of the molecule is C[C@H]([NH2+][C@@H](C)c1ccccc1)C(=O)Nc1ccc(F)c(Cl)c1. The van der Waals surface area contributed by atoms with E-state index in [1.807, 2.05) is 49.5 Å². The smallest absolute Gasteiger partial charge is 0.282 e. The largest absolute Gasteiger partial charge is 0.330 e. The molecule has 3 nitrogen and oxygen atoms in total. The van der Waals surface area contributed by atoms with Gasteiger partial charge in [-0.25, -0.2) is 4.39 Å². The van der Waals surface area contributed by atoms with Crippen LogP contribution < -0.4 is 10.6 Å². The van der Waals surface area contributed by atoms with E-state index < -0.39 is 5.82 Å². The molecule has 5 heteroatoms. The number of hydrogen-bond donors (Lipinski definition) is 2. The second kappa shape index (κ2) is 7.38. The Morgan fingerprint density at radius 2 is 1.86 bits per heavy atom. The molecule has 0 saturated carbocycles. The highest BCUT2D eigenvalue weighted by atomic mass is 35.5. The quantitative estimate of drug-likeness (QED) is 0.873. The number of carbonyl (C=O) groups is 1. The van der Waals surface area contributed by atoms with E-state index in [0.717, 1.165) is 5.56 Å². The Kier molecular flexibility index (Phi) is 5.52. The highest BCUT2D eigenvalue weighted by Gasteiger charge is 2.20. The maximum atomic E-state index is 13.1. The fourth-order valence-electron chi connectivity index (χ4n) is 2.22. The van der Waals surface area contributed by atoms with E-state index in [1.54, 1.807) is 0 Å². The van der Waals surface area contributed by atoms with Crippen LogP contribution in [0.15, 0.2) is 48.5 Å². The molecule has 0 unspecified atom stereocenters. The van der Waals surface area contributed by atoms with E-state index in [4.69, 9.17) is 11.6 Å². The summed E-state index contributed by atoms with van der Waals surface area (Å²) >= 11 is 5.71. The Hall–Kier alpha value is -1.91. The lowest BCUT2D eigenvalue weighted by Gasteiger charge is -2.17. The van der Waals surface area contributed by atoms with Crippen LogP contribution >= 0.6 is 11.6 Å². The van der Waals surface area contributed by atoms with E-state index in [2.05, 4.69) is 5.32 Å². The van der Waals surface area contributed by atoms with Crippen LogP contribution in [0.4, 0.5) is 10.1 Å². The second-order valence-corrected chi connectivity index (χ2v) is 5.71. The van der Waals surface area contributed by atoms with Crippen LogP contribution in [0.3, 0.4) is 0 Å². The lowest BCUT2D eigenvalue weighted by Crippen LogP contribution is -2.91. The highest BCUT2D eigenvalue weighted by Crippen LogP contribution is 2.19. The summed E-state index contributed by atoms with van der Waals surface area (Å²) in [4.78, 5) is 12.2. The molecular formula is C17H19ClFN2O+. The maximum Gasteiger partial charge on any atom is 0.282 e. The number of amides is 1. The fraction of sp³-hybridized carbons (Fsp3) is 0.235. The average Bonchev–Trinajstić information content (AvgIpc) is 2.51. The first-order valence-corrected chi connectivity index (χ1v) is 7.51. The van der Waals surface area contributed by atoms with Crippen molar-refractivity contribution in [1.82, 2.24) is 0 Å². The molecule has 0 aliphatic rings. The summed E-state index contributed by atoms with van der Waals surface area (Å²) in [6.45, 7) is 3.88. The van der Waals surface area contributed by atoms with E-state index in [0.29, 0.717) is 5.69 Å². The minimum Gasteiger partial charge on any atom is -0.330 e. The van der Waals surface area contributed by atoms with Crippen molar-refractivity contribution in [3.05, 3.63) is 64.9 Å². The number of nitrogens with two attached hydrogens (primary N) is 1. The Labute approximate surface area is 134 Å². The number of anilines is 1. The number of rotatable bonds is 5. The molecule has 22 heavy (non-hydrogen) atoms. The molecule has 2 aromatic carbocycles. The molecule has 3 N–H and O–H groups in total. The van der Waals surface area contributed by atoms with Crippen LogP contribution in [-0.4, -0.2) is 11.9 Å². The van der Waals surface area contributed by atoms with Crippen LogP contribution in [0.5, 0.6) is 0 Å². The molecule has 2 rings (SSSR count). The van der Waals surface area contributed by atoms with Gasteiger partial charge in [0.25, 0.3) is 5.91 Å². The molecule has 0 heterocycles. The molecule has 2 atom stereocenters. The van der Waals surface area contributed by atoms with Crippen molar-refractivity contribution >= 4 is 23.2 Å². The summed E-state index contributed by atoms with van der Waals surface area (Å²) in [5.41, 5.74) is 1.65. The molecule has 0 fully saturated rings. The summed E-state index contributed by atoms with van der Waals surface area (Å²) in [5.74, 6) is -0.651. The number of carbonyl (C=O) groups excluding carboxylic acids is 1. The molecule has 2 aromatic rings. The van der Waals surface area contributed by atoms with Gasteiger partial charge in [-0.1, -0.05) is 41.9 Å². The molecule has 1 amide bonds. The number of quaternary nitrogens is 1. The Bertz CT molecular complexity index is 648. The summed E-state index contributed by atoms with van der Waals surface area (Å²) in [6, 6.07) is 14.0. The monoisotopic (exact) mass is 321 g/mol. The van der Waals surface area contributed by atoms with Gasteiger partial charge in [0, 0.05) is 11.3 Å². The third-order valence-electron chi connectivity index (χ3n) is 3.50. The third kappa shape index (κ3) is 4.29. The minimum atomic E-state index is -0.503. The summed E-state index contributed by atoms with van der Waals surface area (Å²) in [7, 11) is 0. The summed E-state index contributed by atoms with van der Waals surface area (Å²) in [5, 5.41) is 4.72. The first-order valence-electron chi connectivity index (χ1n) is 7.13. The zero-order chi connectivity index (χ0) is 16.1. The molecule has 0 aromatic heterocycles. The Balaban J connectivity index is 1.95. The van der Waals surface area contributed by atoms with Gasteiger partial charge in [0.2, 0.25) is 0 Å². The first kappa shape index (κ1) is 16.5. The van der Waals surface area contributed by atoms with Crippen molar-refractivity contribution in [3.63, 3.8) is 0 Å². The zero-order valence-electron chi connectivity index (χ0n) is 12.5. The van der Waals surface area contributed by atoms with Crippen molar-refractivity contribution in [3.8, 4) is 0 Å². The van der Waals surface area contributed by atoms with Crippen molar-refractivity contribution in [2.45, 2.75) is 25.9 Å². The van der Waals surface area contributed by atoms with E-state index in [-0.39, 0.29) is 23.0 Å². The fourth-order valence-corrected chi connectivity index (χ4v) is 2.40. The van der Waals surface area contributed by atoms with E-state index in [9.17, 15) is 9.18 Å². The molecule has 0 spiro atoms. The van der Waals surface area contributed by atoms with Gasteiger partial charge in [0.15, 0.2) is 6.04 Å². The third-order valence-corrected chi connectivity index (χ3v) is 3.79. The second-order valence-electron chi connectivity index (χ2n) is 5.30. The normalized spacial score (nSPS) is 13.5. The Morgan fingerprint density at radius 3 is 2.50 bits per heavy atom. The van der Waals surface area contributed by atoms with Gasteiger partial charge in [0.05, 0.1) is 5.02 Å². The number of halogens is 2. The number of hydrogen-bond acceptors (Lipinski definition) is 1. The molecule has 0 aliphatic heterocycles. The van der Waals surface area contributed by atoms with Gasteiger partial charge < -0.3 is 10.6 Å². The van der Waals surface area contributed by atoms with Crippen LogP contribution in [0.2, 0.25) is 5.02 Å². The van der Waals surface area contributed by atoms with Gasteiger partial charge in [0.1, 0.15) is 11.9 Å². The van der Waals surface area contributed by atoms with Crippen molar-refractivity contribution < 1.29 is 14.5 Å².